The lowest BCUT2D eigenvalue weighted by molar-refractivity contribution is -0.142. The molecule has 0 saturated carbocycles. The highest BCUT2D eigenvalue weighted by molar-refractivity contribution is 5.85. The van der Waals surface area contributed by atoms with Crippen LogP contribution >= 0.6 is 0 Å². The van der Waals surface area contributed by atoms with Gasteiger partial charge in [0.1, 0.15) is 12.4 Å². The Morgan fingerprint density at radius 2 is 2.00 bits per heavy atom. The molecule has 1 N–H and O–H groups in total. The van der Waals surface area contributed by atoms with Gasteiger partial charge in [0.15, 0.2) is 0 Å². The van der Waals surface area contributed by atoms with Gasteiger partial charge in [0.25, 0.3) is 0 Å². The summed E-state index contributed by atoms with van der Waals surface area (Å²) in [7, 11) is 3.80. The van der Waals surface area contributed by atoms with E-state index >= 15 is 0 Å². The van der Waals surface area contributed by atoms with Crippen LogP contribution in [0.5, 0.6) is 5.75 Å². The Kier molecular flexibility index (Phi) is 6.94. The third-order valence-corrected chi connectivity index (χ3v) is 5.83. The summed E-state index contributed by atoms with van der Waals surface area (Å²) in [5, 5.41) is 3.08. The van der Waals surface area contributed by atoms with E-state index in [2.05, 4.69) is 11.4 Å². The second-order valence-electron chi connectivity index (χ2n) is 8.36. The lowest BCUT2D eigenvalue weighted by atomic mass is 9.74. The molecule has 0 radical (unpaired) electrons. The minimum absolute atomic E-state index is 0.0762. The molecule has 1 unspecified atom stereocenters. The van der Waals surface area contributed by atoms with Crippen molar-refractivity contribution in [3.05, 3.63) is 29.8 Å². The Hall–Kier alpha value is -2.08. The number of fused-ring (bicyclic) bond motifs is 1. The number of likely N-dealkylation sites (N-methyl/N-ethyl adjacent to an activating group) is 1. The summed E-state index contributed by atoms with van der Waals surface area (Å²) in [5.74, 6) is 1.11. The molecule has 1 fully saturated rings. The van der Waals surface area contributed by atoms with Crippen LogP contribution in [0.3, 0.4) is 0 Å². The number of hydrogen-bond acceptors (Lipinski definition) is 4. The molecule has 1 saturated heterocycles. The average Bonchev–Trinajstić information content (AvgIpc) is 2.68. The fourth-order valence-corrected chi connectivity index (χ4v) is 4.36. The number of ether oxygens (including phenoxy) is 1. The van der Waals surface area contributed by atoms with Crippen LogP contribution in [0, 0.1) is 5.41 Å². The maximum absolute atomic E-state index is 13.1. The minimum atomic E-state index is -0.473. The SMILES string of the molecule is CN(C)CC(=O)N1CCCC2(CCCCc3ccccc3OCCNC2=O)C1. The third kappa shape index (κ3) is 5.04. The molecule has 154 valence electrons. The van der Waals surface area contributed by atoms with Gasteiger partial charge in [-0.3, -0.25) is 9.59 Å². The molecular weight excluding hydrogens is 354 g/mol. The Labute approximate surface area is 168 Å². The van der Waals surface area contributed by atoms with Crippen LogP contribution in [0.2, 0.25) is 0 Å². The lowest BCUT2D eigenvalue weighted by Gasteiger charge is -2.42. The summed E-state index contributed by atoms with van der Waals surface area (Å²) in [4.78, 5) is 29.5. The topological polar surface area (TPSA) is 61.9 Å². The van der Waals surface area contributed by atoms with E-state index in [9.17, 15) is 9.59 Å². The fourth-order valence-electron chi connectivity index (χ4n) is 4.36. The zero-order chi connectivity index (χ0) is 20.0. The predicted molar refractivity (Wildman–Crippen MR) is 109 cm³/mol. The summed E-state index contributed by atoms with van der Waals surface area (Å²) in [6.07, 6.45) is 5.50. The smallest absolute Gasteiger partial charge is 0.236 e. The summed E-state index contributed by atoms with van der Waals surface area (Å²) in [6.45, 7) is 2.62. The molecule has 1 aromatic rings. The highest BCUT2D eigenvalue weighted by Gasteiger charge is 2.42. The summed E-state index contributed by atoms with van der Waals surface area (Å²) >= 11 is 0. The molecule has 0 bridgehead atoms. The average molecular weight is 388 g/mol. The van der Waals surface area contributed by atoms with Crippen molar-refractivity contribution in [3.63, 3.8) is 0 Å². The fraction of sp³-hybridized carbons (Fsp3) is 0.636. The number of nitrogens with one attached hydrogen (secondary N) is 1. The number of rotatable bonds is 2. The quantitative estimate of drug-likeness (QED) is 0.844. The van der Waals surface area contributed by atoms with Gasteiger partial charge in [-0.15, -0.1) is 0 Å². The van der Waals surface area contributed by atoms with E-state index in [1.54, 1.807) is 0 Å². The maximum Gasteiger partial charge on any atom is 0.236 e. The largest absolute Gasteiger partial charge is 0.491 e. The Morgan fingerprint density at radius 3 is 2.82 bits per heavy atom. The molecule has 1 spiro atoms. The van der Waals surface area contributed by atoms with Gasteiger partial charge in [-0.1, -0.05) is 24.6 Å². The van der Waals surface area contributed by atoms with Gasteiger partial charge in [0.05, 0.1) is 18.5 Å². The summed E-state index contributed by atoms with van der Waals surface area (Å²) < 4.78 is 5.90. The van der Waals surface area contributed by atoms with Crippen molar-refractivity contribution in [2.75, 3.05) is 46.9 Å². The highest BCUT2D eigenvalue weighted by Crippen LogP contribution is 2.36. The zero-order valence-corrected chi connectivity index (χ0v) is 17.2. The standard InChI is InChI=1S/C22H33N3O3/c1-24(2)16-20(26)25-14-7-12-22(17-25)11-6-5-9-18-8-3-4-10-19(18)28-15-13-23-21(22)27/h3-4,8,10H,5-7,9,11-17H2,1-2H3,(H,23,27). The number of aryl methyl sites for hydroxylation is 1. The van der Waals surface area contributed by atoms with Crippen molar-refractivity contribution in [2.24, 2.45) is 5.41 Å². The van der Waals surface area contributed by atoms with Crippen LogP contribution in [0.4, 0.5) is 0 Å². The van der Waals surface area contributed by atoms with Gasteiger partial charge >= 0.3 is 0 Å². The molecule has 0 aromatic heterocycles. The number of nitrogens with zero attached hydrogens (tertiary/aromatic N) is 2. The van der Waals surface area contributed by atoms with Crippen LogP contribution in [-0.4, -0.2) is 68.5 Å². The van der Waals surface area contributed by atoms with Crippen LogP contribution in [-0.2, 0) is 16.0 Å². The number of piperidine rings is 1. The Bertz CT molecular complexity index is 691. The van der Waals surface area contributed by atoms with E-state index in [4.69, 9.17) is 4.74 Å². The van der Waals surface area contributed by atoms with Crippen LogP contribution in [0.25, 0.3) is 0 Å². The molecule has 1 aromatic carbocycles. The summed E-state index contributed by atoms with van der Waals surface area (Å²) in [5.41, 5.74) is 0.758. The van der Waals surface area contributed by atoms with Gasteiger partial charge in [0, 0.05) is 13.1 Å². The number of para-hydroxylation sites is 1. The van der Waals surface area contributed by atoms with Crippen LogP contribution in [0.1, 0.15) is 37.7 Å². The van der Waals surface area contributed by atoms with Gasteiger partial charge in [-0.2, -0.15) is 0 Å². The number of likely N-dealkylation sites (tertiary alicyclic amines) is 1. The number of amides is 2. The number of carbonyl (C=O) groups excluding carboxylic acids is 2. The Balaban J connectivity index is 1.71. The van der Waals surface area contributed by atoms with Gasteiger partial charge in [-0.25, -0.2) is 0 Å². The minimum Gasteiger partial charge on any atom is -0.491 e. The molecule has 2 aliphatic rings. The van der Waals surface area contributed by atoms with Crippen LogP contribution < -0.4 is 10.1 Å². The molecule has 2 amide bonds. The number of benzene rings is 1. The van der Waals surface area contributed by atoms with Crippen molar-refractivity contribution in [2.45, 2.75) is 38.5 Å². The molecule has 2 heterocycles. The number of carbonyl (C=O) groups is 2. The van der Waals surface area contributed by atoms with Crippen molar-refractivity contribution < 1.29 is 14.3 Å². The lowest BCUT2D eigenvalue weighted by Crippen LogP contribution is -2.55. The second-order valence-corrected chi connectivity index (χ2v) is 8.36. The second kappa shape index (κ2) is 9.41. The molecule has 28 heavy (non-hydrogen) atoms. The predicted octanol–water partition coefficient (Wildman–Crippen LogP) is 2.08. The molecule has 6 heteroatoms. The van der Waals surface area contributed by atoms with E-state index < -0.39 is 5.41 Å². The van der Waals surface area contributed by atoms with Gasteiger partial charge in [-0.05, 0) is 57.8 Å². The normalized spacial score (nSPS) is 24.0. The van der Waals surface area contributed by atoms with E-state index in [1.165, 1.54) is 5.56 Å². The van der Waals surface area contributed by atoms with Crippen molar-refractivity contribution in [1.29, 1.82) is 0 Å². The van der Waals surface area contributed by atoms with E-state index in [1.807, 2.05) is 42.1 Å². The van der Waals surface area contributed by atoms with E-state index in [-0.39, 0.29) is 11.8 Å². The van der Waals surface area contributed by atoms with Crippen molar-refractivity contribution >= 4 is 11.8 Å². The first-order chi connectivity index (χ1) is 13.5. The monoisotopic (exact) mass is 387 g/mol. The molecular formula is C22H33N3O3. The Morgan fingerprint density at radius 1 is 1.21 bits per heavy atom. The van der Waals surface area contributed by atoms with Crippen molar-refractivity contribution in [1.82, 2.24) is 15.1 Å². The highest BCUT2D eigenvalue weighted by atomic mass is 16.5. The first-order valence-corrected chi connectivity index (χ1v) is 10.4. The summed E-state index contributed by atoms with van der Waals surface area (Å²) in [6, 6.07) is 8.16. The maximum atomic E-state index is 13.1. The van der Waals surface area contributed by atoms with Gasteiger partial charge < -0.3 is 19.9 Å². The third-order valence-electron chi connectivity index (χ3n) is 5.83. The first kappa shape index (κ1) is 20.6. The van der Waals surface area contributed by atoms with E-state index in [0.717, 1.165) is 50.8 Å². The molecule has 1 atom stereocenters. The van der Waals surface area contributed by atoms with Crippen LogP contribution in [0.15, 0.2) is 24.3 Å². The first-order valence-electron chi connectivity index (χ1n) is 10.4. The van der Waals surface area contributed by atoms with Gasteiger partial charge in [0.2, 0.25) is 11.8 Å². The molecule has 6 nitrogen and oxygen atoms in total. The molecule has 0 aliphatic carbocycles. The van der Waals surface area contributed by atoms with Crippen molar-refractivity contribution in [3.8, 4) is 5.75 Å². The zero-order valence-electron chi connectivity index (χ0n) is 17.2. The number of hydrogen-bond donors (Lipinski definition) is 1. The molecule has 3 rings (SSSR count). The molecule has 2 aliphatic heterocycles. The van der Waals surface area contributed by atoms with E-state index in [0.29, 0.717) is 26.2 Å².